The minimum atomic E-state index is -0.264. The second-order valence-corrected chi connectivity index (χ2v) is 2.71. The van der Waals surface area contributed by atoms with E-state index in [9.17, 15) is 4.39 Å². The fraction of sp³-hybridized carbons (Fsp3) is 1.00. The number of β-amino-alcohol motifs (C(OH)–C–C–N with tert-alkyl or cyclic N) is 1. The van der Waals surface area contributed by atoms with Crippen LogP contribution in [0, 0.1) is 0 Å². The molecule has 60 valence electrons. The van der Waals surface area contributed by atoms with Gasteiger partial charge in [0.1, 0.15) is 6.67 Å². The largest absolute Gasteiger partial charge is 0.395 e. The highest BCUT2D eigenvalue weighted by Gasteiger charge is 2.22. The minimum Gasteiger partial charge on any atom is -0.395 e. The van der Waals surface area contributed by atoms with Gasteiger partial charge in [-0.25, -0.2) is 4.39 Å². The van der Waals surface area contributed by atoms with E-state index >= 15 is 0 Å². The molecule has 1 aliphatic rings. The quantitative estimate of drug-likeness (QED) is 0.625. The molecule has 0 unspecified atom stereocenters. The summed E-state index contributed by atoms with van der Waals surface area (Å²) in [6.45, 7) is 1.47. The summed E-state index contributed by atoms with van der Waals surface area (Å²) in [6, 6.07) is 0.0900. The molecule has 0 spiro atoms. The highest BCUT2D eigenvalue weighted by molar-refractivity contribution is 4.77. The van der Waals surface area contributed by atoms with E-state index in [1.807, 2.05) is 4.90 Å². The molecule has 1 saturated heterocycles. The molecule has 3 heteroatoms. The number of alkyl halides is 1. The molecule has 0 aromatic heterocycles. The minimum absolute atomic E-state index is 0.0900. The summed E-state index contributed by atoms with van der Waals surface area (Å²) in [6.07, 6.45) is 2.03. The molecule has 2 nitrogen and oxygen atoms in total. The Bertz CT molecular complexity index is 99.6. The maximum atomic E-state index is 12.1. The van der Waals surface area contributed by atoms with Gasteiger partial charge in [0.15, 0.2) is 0 Å². The van der Waals surface area contributed by atoms with Crippen LogP contribution in [0.1, 0.15) is 12.8 Å². The molecule has 1 fully saturated rings. The van der Waals surface area contributed by atoms with Crippen LogP contribution in [0.3, 0.4) is 0 Å². The van der Waals surface area contributed by atoms with Crippen molar-refractivity contribution in [2.45, 2.75) is 18.9 Å². The first-order valence-corrected chi connectivity index (χ1v) is 3.79. The van der Waals surface area contributed by atoms with Crippen LogP contribution < -0.4 is 0 Å². The van der Waals surface area contributed by atoms with Crippen molar-refractivity contribution in [1.82, 2.24) is 4.90 Å². The van der Waals surface area contributed by atoms with Crippen LogP contribution in [0.2, 0.25) is 0 Å². The van der Waals surface area contributed by atoms with Crippen molar-refractivity contribution in [3.05, 3.63) is 0 Å². The Balaban J connectivity index is 2.27. The first-order chi connectivity index (χ1) is 4.88. The van der Waals surface area contributed by atoms with Gasteiger partial charge in [0.2, 0.25) is 0 Å². The van der Waals surface area contributed by atoms with Crippen molar-refractivity contribution in [3.63, 3.8) is 0 Å². The fourth-order valence-corrected chi connectivity index (χ4v) is 1.49. The molecule has 0 aliphatic carbocycles. The molecular formula is C7H14FNO. The predicted octanol–water partition coefficient (Wildman–Crippen LogP) is 0.413. The Morgan fingerprint density at radius 3 is 3.00 bits per heavy atom. The van der Waals surface area contributed by atoms with Gasteiger partial charge in [-0.1, -0.05) is 0 Å². The van der Waals surface area contributed by atoms with Gasteiger partial charge >= 0.3 is 0 Å². The van der Waals surface area contributed by atoms with E-state index in [-0.39, 0.29) is 19.3 Å². The lowest BCUT2D eigenvalue weighted by Gasteiger charge is -2.19. The van der Waals surface area contributed by atoms with E-state index in [1.165, 1.54) is 0 Å². The summed E-state index contributed by atoms with van der Waals surface area (Å²) in [5.41, 5.74) is 0. The van der Waals surface area contributed by atoms with Crippen LogP contribution in [0.5, 0.6) is 0 Å². The van der Waals surface area contributed by atoms with Gasteiger partial charge in [-0.3, -0.25) is 4.90 Å². The molecule has 0 saturated carbocycles. The van der Waals surface area contributed by atoms with E-state index in [0.717, 1.165) is 19.4 Å². The van der Waals surface area contributed by atoms with Crippen LogP contribution in [0.25, 0.3) is 0 Å². The second-order valence-electron chi connectivity index (χ2n) is 2.71. The van der Waals surface area contributed by atoms with Crippen molar-refractivity contribution < 1.29 is 9.50 Å². The summed E-state index contributed by atoms with van der Waals surface area (Å²) in [4.78, 5) is 2.01. The molecule has 0 bridgehead atoms. The second kappa shape index (κ2) is 3.88. The average molecular weight is 147 g/mol. The van der Waals surface area contributed by atoms with E-state index in [1.54, 1.807) is 0 Å². The standard InChI is InChI=1S/C7H14FNO/c8-6-7-2-1-3-9(7)4-5-10/h7,10H,1-6H2/t7-/m0/s1. The summed E-state index contributed by atoms with van der Waals surface area (Å²) in [5.74, 6) is 0. The van der Waals surface area contributed by atoms with Crippen molar-refractivity contribution in [2.75, 3.05) is 26.4 Å². The van der Waals surface area contributed by atoms with Gasteiger partial charge in [-0.15, -0.1) is 0 Å². The van der Waals surface area contributed by atoms with Crippen LogP contribution in [0.15, 0.2) is 0 Å². The van der Waals surface area contributed by atoms with E-state index in [0.29, 0.717) is 6.54 Å². The molecule has 0 amide bonds. The molecule has 1 atom stereocenters. The molecule has 0 aromatic rings. The third-order valence-electron chi connectivity index (χ3n) is 2.06. The third-order valence-corrected chi connectivity index (χ3v) is 2.06. The van der Waals surface area contributed by atoms with Crippen molar-refractivity contribution >= 4 is 0 Å². The van der Waals surface area contributed by atoms with Crippen LogP contribution in [-0.2, 0) is 0 Å². The number of hydrogen-bond donors (Lipinski definition) is 1. The summed E-state index contributed by atoms with van der Waals surface area (Å²) in [5, 5.41) is 8.58. The number of aliphatic hydroxyl groups is 1. The number of halogens is 1. The highest BCUT2D eigenvalue weighted by Crippen LogP contribution is 2.16. The Hall–Kier alpha value is -0.150. The molecule has 1 heterocycles. The summed E-state index contributed by atoms with van der Waals surface area (Å²) < 4.78 is 12.1. The molecule has 1 N–H and O–H groups in total. The zero-order valence-electron chi connectivity index (χ0n) is 6.09. The fourth-order valence-electron chi connectivity index (χ4n) is 1.49. The molecule has 1 aliphatic heterocycles. The van der Waals surface area contributed by atoms with E-state index in [2.05, 4.69) is 0 Å². The van der Waals surface area contributed by atoms with Crippen molar-refractivity contribution in [3.8, 4) is 0 Å². The number of rotatable bonds is 3. The number of nitrogens with zero attached hydrogens (tertiary/aromatic N) is 1. The molecule has 1 rings (SSSR count). The van der Waals surface area contributed by atoms with Crippen LogP contribution >= 0.6 is 0 Å². The Labute approximate surface area is 60.6 Å². The topological polar surface area (TPSA) is 23.5 Å². The third kappa shape index (κ3) is 1.67. The Morgan fingerprint density at radius 1 is 1.60 bits per heavy atom. The summed E-state index contributed by atoms with van der Waals surface area (Å²) in [7, 11) is 0. The zero-order valence-corrected chi connectivity index (χ0v) is 6.09. The number of likely N-dealkylation sites (tertiary alicyclic amines) is 1. The Kier molecular flexibility index (Phi) is 3.09. The van der Waals surface area contributed by atoms with E-state index in [4.69, 9.17) is 5.11 Å². The van der Waals surface area contributed by atoms with Crippen LogP contribution in [0.4, 0.5) is 4.39 Å². The molecule has 0 radical (unpaired) electrons. The van der Waals surface area contributed by atoms with Crippen molar-refractivity contribution in [1.29, 1.82) is 0 Å². The lowest BCUT2D eigenvalue weighted by molar-refractivity contribution is 0.166. The normalized spacial score (nSPS) is 27.6. The predicted molar refractivity (Wildman–Crippen MR) is 37.7 cm³/mol. The zero-order chi connectivity index (χ0) is 7.40. The Morgan fingerprint density at radius 2 is 2.40 bits per heavy atom. The first-order valence-electron chi connectivity index (χ1n) is 3.79. The maximum absolute atomic E-state index is 12.1. The molecule has 0 aromatic carbocycles. The van der Waals surface area contributed by atoms with Gasteiger partial charge in [-0.2, -0.15) is 0 Å². The lowest BCUT2D eigenvalue weighted by Crippen LogP contribution is -2.33. The monoisotopic (exact) mass is 147 g/mol. The van der Waals surface area contributed by atoms with Gasteiger partial charge in [-0.05, 0) is 19.4 Å². The van der Waals surface area contributed by atoms with Gasteiger partial charge in [0.05, 0.1) is 6.61 Å². The van der Waals surface area contributed by atoms with Gasteiger partial charge in [0, 0.05) is 12.6 Å². The van der Waals surface area contributed by atoms with E-state index < -0.39 is 0 Å². The van der Waals surface area contributed by atoms with Gasteiger partial charge < -0.3 is 5.11 Å². The summed E-state index contributed by atoms with van der Waals surface area (Å²) >= 11 is 0. The SMILES string of the molecule is OCCN1CCC[C@H]1CF. The van der Waals surface area contributed by atoms with Crippen molar-refractivity contribution in [2.24, 2.45) is 0 Å². The average Bonchev–Trinajstić information content (AvgIpc) is 2.36. The number of aliphatic hydroxyl groups excluding tert-OH is 1. The maximum Gasteiger partial charge on any atom is 0.105 e. The smallest absolute Gasteiger partial charge is 0.105 e. The first kappa shape index (κ1) is 7.95. The van der Waals surface area contributed by atoms with Gasteiger partial charge in [0.25, 0.3) is 0 Å². The lowest BCUT2D eigenvalue weighted by atomic mass is 10.2. The van der Waals surface area contributed by atoms with Crippen LogP contribution in [-0.4, -0.2) is 42.4 Å². The number of hydrogen-bond acceptors (Lipinski definition) is 2. The molecule has 10 heavy (non-hydrogen) atoms. The highest BCUT2D eigenvalue weighted by atomic mass is 19.1. The molecular weight excluding hydrogens is 133 g/mol.